The highest BCUT2D eigenvalue weighted by molar-refractivity contribution is 5.74. The first kappa shape index (κ1) is 18.5. The highest BCUT2D eigenvalue weighted by Gasteiger charge is 2.26. The van der Waals surface area contributed by atoms with Crippen LogP contribution in [0.4, 0.5) is 5.95 Å². The third kappa shape index (κ3) is 3.24. The number of piperazine rings is 1. The van der Waals surface area contributed by atoms with Gasteiger partial charge in [-0.3, -0.25) is 18.9 Å². The monoisotopic (exact) mass is 383 g/mol. The van der Waals surface area contributed by atoms with Gasteiger partial charge in [0.1, 0.15) is 0 Å². The molecule has 0 amide bonds. The smallest absolute Gasteiger partial charge is 0.329 e. The molecule has 1 aromatic carbocycles. The summed E-state index contributed by atoms with van der Waals surface area (Å²) in [4.78, 5) is 35.7. The van der Waals surface area contributed by atoms with Gasteiger partial charge in [0.15, 0.2) is 11.2 Å². The first-order valence-corrected chi connectivity index (χ1v) is 9.81. The van der Waals surface area contributed by atoms with E-state index in [1.807, 2.05) is 4.57 Å². The average molecular weight is 383 g/mol. The van der Waals surface area contributed by atoms with Crippen LogP contribution in [-0.4, -0.2) is 51.8 Å². The lowest BCUT2D eigenvalue weighted by Crippen LogP contribution is -3.14. The van der Waals surface area contributed by atoms with Crippen molar-refractivity contribution in [2.45, 2.75) is 20.4 Å². The van der Waals surface area contributed by atoms with Crippen LogP contribution < -0.4 is 21.0 Å². The van der Waals surface area contributed by atoms with Crippen molar-refractivity contribution in [2.75, 3.05) is 37.6 Å². The second-order valence-corrected chi connectivity index (χ2v) is 7.56. The number of aromatic nitrogens is 4. The molecular formula is C20H27N6O2+. The minimum absolute atomic E-state index is 0.387. The van der Waals surface area contributed by atoms with E-state index in [4.69, 9.17) is 4.98 Å². The van der Waals surface area contributed by atoms with Gasteiger partial charge in [0.05, 0.1) is 39.3 Å². The van der Waals surface area contributed by atoms with E-state index < -0.39 is 5.69 Å². The molecule has 0 unspecified atom stereocenters. The van der Waals surface area contributed by atoms with Gasteiger partial charge < -0.3 is 9.80 Å². The fraction of sp³-hybridized carbons (Fsp3) is 0.450. The van der Waals surface area contributed by atoms with Crippen LogP contribution in [-0.2, 0) is 13.6 Å². The standard InChI is InChI=1S/C20H26N6O2/c1-4-24-9-11-25(12-10-24)19-21-17-16(18(27)22-20(28)23(17)3)26(19)13-15-7-5-14(2)6-8-15/h5-8H,4,9-13H2,1-3H3,(H,22,27,28)/p+1. The first-order valence-electron chi connectivity index (χ1n) is 9.81. The van der Waals surface area contributed by atoms with E-state index in [-0.39, 0.29) is 5.56 Å². The third-order valence-corrected chi connectivity index (χ3v) is 5.70. The van der Waals surface area contributed by atoms with E-state index in [9.17, 15) is 9.59 Å². The maximum Gasteiger partial charge on any atom is 0.329 e. The van der Waals surface area contributed by atoms with Crippen LogP contribution >= 0.6 is 0 Å². The van der Waals surface area contributed by atoms with Gasteiger partial charge in [-0.2, -0.15) is 4.98 Å². The summed E-state index contributed by atoms with van der Waals surface area (Å²) in [6, 6.07) is 8.27. The largest absolute Gasteiger partial charge is 0.332 e. The van der Waals surface area contributed by atoms with Crippen LogP contribution in [0.3, 0.4) is 0 Å². The number of hydrogen-bond donors (Lipinski definition) is 2. The number of fused-ring (bicyclic) bond motifs is 1. The van der Waals surface area contributed by atoms with Crippen LogP contribution in [0.5, 0.6) is 0 Å². The molecule has 1 aliphatic rings. The molecule has 0 radical (unpaired) electrons. The van der Waals surface area contributed by atoms with Gasteiger partial charge >= 0.3 is 5.69 Å². The van der Waals surface area contributed by atoms with Gasteiger partial charge in [0.25, 0.3) is 5.56 Å². The summed E-state index contributed by atoms with van der Waals surface area (Å²) in [5.74, 6) is 0.762. The van der Waals surface area contributed by atoms with Crippen LogP contribution in [0.2, 0.25) is 0 Å². The van der Waals surface area contributed by atoms with Gasteiger partial charge in [-0.25, -0.2) is 4.79 Å². The molecule has 1 aliphatic heterocycles. The van der Waals surface area contributed by atoms with Crippen molar-refractivity contribution >= 4 is 17.1 Å². The van der Waals surface area contributed by atoms with Crippen molar-refractivity contribution < 1.29 is 4.90 Å². The zero-order valence-electron chi connectivity index (χ0n) is 16.7. The Labute approximate surface area is 163 Å². The van der Waals surface area contributed by atoms with E-state index in [2.05, 4.69) is 48.0 Å². The number of nitrogens with one attached hydrogen (secondary N) is 2. The number of rotatable bonds is 4. The summed E-state index contributed by atoms with van der Waals surface area (Å²) in [5.41, 5.74) is 2.34. The van der Waals surface area contributed by atoms with Crippen LogP contribution in [0.25, 0.3) is 11.2 Å². The Hall–Kier alpha value is -2.87. The normalized spacial score (nSPS) is 15.5. The van der Waals surface area contributed by atoms with Crippen LogP contribution in [0, 0.1) is 6.92 Å². The molecule has 8 nitrogen and oxygen atoms in total. The summed E-state index contributed by atoms with van der Waals surface area (Å²) in [6.45, 7) is 9.75. The number of quaternary nitrogens is 1. The Morgan fingerprint density at radius 2 is 1.82 bits per heavy atom. The van der Waals surface area contributed by atoms with Crippen LogP contribution in [0.1, 0.15) is 18.1 Å². The van der Waals surface area contributed by atoms with E-state index in [0.717, 1.165) is 44.2 Å². The number of likely N-dealkylation sites (N-methyl/N-ethyl adjacent to an activating group) is 1. The van der Waals surface area contributed by atoms with Gasteiger partial charge in [-0.1, -0.05) is 29.8 Å². The summed E-state index contributed by atoms with van der Waals surface area (Å²) in [5, 5.41) is 0. The lowest BCUT2D eigenvalue weighted by atomic mass is 10.1. The SMILES string of the molecule is CC[NH+]1CCN(c2nc3c(c(=O)[nH]c(=O)n3C)n2Cc2ccc(C)cc2)CC1. The zero-order chi connectivity index (χ0) is 19.8. The number of nitrogens with zero attached hydrogens (tertiary/aromatic N) is 4. The molecule has 0 saturated carbocycles. The number of aromatic amines is 1. The molecule has 1 saturated heterocycles. The molecule has 8 heteroatoms. The predicted octanol–water partition coefficient (Wildman–Crippen LogP) is -0.495. The molecule has 0 atom stereocenters. The number of anilines is 1. The summed E-state index contributed by atoms with van der Waals surface area (Å²) >= 11 is 0. The Bertz CT molecular complexity index is 1100. The van der Waals surface area contributed by atoms with Crippen molar-refractivity contribution in [1.29, 1.82) is 0 Å². The minimum atomic E-state index is -0.440. The molecule has 4 rings (SSSR count). The number of H-pyrrole nitrogens is 1. The van der Waals surface area contributed by atoms with E-state index in [1.54, 1.807) is 11.9 Å². The quantitative estimate of drug-likeness (QED) is 0.637. The Morgan fingerprint density at radius 1 is 1.14 bits per heavy atom. The number of benzene rings is 1. The van der Waals surface area contributed by atoms with Gasteiger partial charge in [0, 0.05) is 7.05 Å². The molecule has 2 N–H and O–H groups in total. The summed E-state index contributed by atoms with van der Waals surface area (Å²) in [6.07, 6.45) is 0. The van der Waals surface area contributed by atoms with E-state index in [0.29, 0.717) is 17.7 Å². The van der Waals surface area contributed by atoms with Gasteiger partial charge in [-0.15, -0.1) is 0 Å². The highest BCUT2D eigenvalue weighted by atomic mass is 16.2. The van der Waals surface area contributed by atoms with E-state index >= 15 is 0 Å². The fourth-order valence-corrected chi connectivity index (χ4v) is 3.87. The van der Waals surface area contributed by atoms with Crippen LogP contribution in [0.15, 0.2) is 33.9 Å². The van der Waals surface area contributed by atoms with Crippen molar-refractivity contribution in [3.8, 4) is 0 Å². The molecule has 28 heavy (non-hydrogen) atoms. The molecular weight excluding hydrogens is 356 g/mol. The Kier molecular flexibility index (Phi) is 4.80. The molecule has 1 fully saturated rings. The molecule has 3 heterocycles. The Morgan fingerprint density at radius 3 is 2.46 bits per heavy atom. The van der Waals surface area contributed by atoms with Gasteiger partial charge in [0.2, 0.25) is 5.95 Å². The minimum Gasteiger partial charge on any atom is -0.332 e. The van der Waals surface area contributed by atoms with E-state index in [1.165, 1.54) is 10.1 Å². The van der Waals surface area contributed by atoms with Crippen molar-refractivity contribution in [1.82, 2.24) is 19.1 Å². The second-order valence-electron chi connectivity index (χ2n) is 7.56. The predicted molar refractivity (Wildman–Crippen MR) is 109 cm³/mol. The molecule has 0 aliphatic carbocycles. The number of aryl methyl sites for hydroxylation is 2. The molecule has 148 valence electrons. The van der Waals surface area contributed by atoms with Crippen molar-refractivity contribution in [2.24, 2.45) is 7.05 Å². The maximum absolute atomic E-state index is 12.7. The molecule has 3 aromatic rings. The lowest BCUT2D eigenvalue weighted by molar-refractivity contribution is -0.898. The fourth-order valence-electron chi connectivity index (χ4n) is 3.87. The average Bonchev–Trinajstić information content (AvgIpc) is 3.08. The lowest BCUT2D eigenvalue weighted by Gasteiger charge is -2.32. The Balaban J connectivity index is 1.84. The third-order valence-electron chi connectivity index (χ3n) is 5.70. The zero-order valence-corrected chi connectivity index (χ0v) is 16.7. The van der Waals surface area contributed by atoms with Gasteiger partial charge in [-0.05, 0) is 19.4 Å². The highest BCUT2D eigenvalue weighted by Crippen LogP contribution is 2.21. The molecule has 0 bridgehead atoms. The maximum atomic E-state index is 12.7. The van der Waals surface area contributed by atoms with Crippen molar-refractivity contribution in [3.63, 3.8) is 0 Å². The second kappa shape index (κ2) is 7.27. The first-order chi connectivity index (χ1) is 13.5. The molecule has 2 aromatic heterocycles. The number of hydrogen-bond acceptors (Lipinski definition) is 4. The van der Waals surface area contributed by atoms with Crippen molar-refractivity contribution in [3.05, 3.63) is 56.2 Å². The topological polar surface area (TPSA) is 80.4 Å². The molecule has 0 spiro atoms. The number of imidazole rings is 1. The summed E-state index contributed by atoms with van der Waals surface area (Å²) < 4.78 is 3.37. The summed E-state index contributed by atoms with van der Waals surface area (Å²) in [7, 11) is 1.65.